The number of rotatable bonds is 9. The van der Waals surface area contributed by atoms with Gasteiger partial charge in [0.15, 0.2) is 0 Å². The fraction of sp³-hybridized carbons (Fsp3) is 0.857. The molecule has 112 valence electrons. The molecule has 1 aliphatic rings. The van der Waals surface area contributed by atoms with E-state index in [0.29, 0.717) is 6.10 Å². The molecular weight excluding hydrogens is 242 g/mol. The van der Waals surface area contributed by atoms with Gasteiger partial charge in [0.05, 0.1) is 25.1 Å². The number of piperidine rings is 1. The second kappa shape index (κ2) is 9.31. The molecule has 1 unspecified atom stereocenters. The molecule has 0 aromatic rings. The van der Waals surface area contributed by atoms with Crippen LogP contribution in [0.5, 0.6) is 0 Å². The minimum atomic E-state index is 0.111. The number of hydrogen-bond acceptors (Lipinski definition) is 5. The summed E-state index contributed by atoms with van der Waals surface area (Å²) in [5.41, 5.74) is 6.29. The summed E-state index contributed by atoms with van der Waals surface area (Å²) in [6.07, 6.45) is 3.41. The fourth-order valence-electron chi connectivity index (χ4n) is 2.21. The normalized spacial score (nSPS) is 19.3. The molecule has 19 heavy (non-hydrogen) atoms. The molecule has 0 bridgehead atoms. The number of hydrogen-bond donors (Lipinski definition) is 2. The van der Waals surface area contributed by atoms with Crippen molar-refractivity contribution in [3.05, 3.63) is 12.3 Å². The number of ether oxygens (including phenoxy) is 2. The van der Waals surface area contributed by atoms with Crippen molar-refractivity contribution in [2.24, 2.45) is 0 Å². The Balaban J connectivity index is 2.36. The van der Waals surface area contributed by atoms with Crippen LogP contribution in [0.15, 0.2) is 12.3 Å². The zero-order valence-corrected chi connectivity index (χ0v) is 12.6. The summed E-state index contributed by atoms with van der Waals surface area (Å²) >= 11 is 0. The molecule has 1 rings (SSSR count). The Labute approximate surface area is 117 Å². The molecule has 1 saturated heterocycles. The maximum Gasteiger partial charge on any atom is 0.0910 e. The molecular formula is C14H29N3O2. The SMILES string of the molecule is C=C(CC(CNNCC)OC1CCN(C)CC1)OC. The van der Waals surface area contributed by atoms with Crippen molar-refractivity contribution < 1.29 is 9.47 Å². The largest absolute Gasteiger partial charge is 0.502 e. The monoisotopic (exact) mass is 271 g/mol. The van der Waals surface area contributed by atoms with Crippen LogP contribution in [0.25, 0.3) is 0 Å². The van der Waals surface area contributed by atoms with Crippen molar-refractivity contribution in [1.82, 2.24) is 15.8 Å². The zero-order valence-electron chi connectivity index (χ0n) is 12.6. The highest BCUT2D eigenvalue weighted by atomic mass is 16.5. The number of likely N-dealkylation sites (tertiary alicyclic amines) is 1. The molecule has 1 fully saturated rings. The fourth-order valence-corrected chi connectivity index (χ4v) is 2.21. The van der Waals surface area contributed by atoms with Gasteiger partial charge in [0.25, 0.3) is 0 Å². The summed E-state index contributed by atoms with van der Waals surface area (Å²) in [5, 5.41) is 0. The molecule has 0 saturated carbocycles. The average molecular weight is 271 g/mol. The molecule has 0 aromatic heterocycles. The third-order valence-corrected chi connectivity index (χ3v) is 3.43. The van der Waals surface area contributed by atoms with E-state index >= 15 is 0 Å². The zero-order chi connectivity index (χ0) is 14.1. The highest BCUT2D eigenvalue weighted by molar-refractivity contribution is 4.87. The second-order valence-electron chi connectivity index (χ2n) is 5.12. The molecule has 0 spiro atoms. The second-order valence-corrected chi connectivity index (χ2v) is 5.12. The standard InChI is InChI=1S/C14H29N3O2/c1-5-15-16-11-14(10-12(2)18-4)19-13-6-8-17(3)9-7-13/h13-16H,2,5-11H2,1,3-4H3. The van der Waals surface area contributed by atoms with Gasteiger partial charge in [-0.2, -0.15) is 0 Å². The summed E-state index contributed by atoms with van der Waals surface area (Å²) in [5.74, 6) is 0.774. The maximum absolute atomic E-state index is 6.19. The summed E-state index contributed by atoms with van der Waals surface area (Å²) in [6.45, 7) is 9.84. The third kappa shape index (κ3) is 6.92. The first-order chi connectivity index (χ1) is 9.15. The van der Waals surface area contributed by atoms with Gasteiger partial charge >= 0.3 is 0 Å². The molecule has 2 N–H and O–H groups in total. The van der Waals surface area contributed by atoms with Crippen LogP contribution in [0.2, 0.25) is 0 Å². The van der Waals surface area contributed by atoms with Gasteiger partial charge in [-0.1, -0.05) is 13.5 Å². The van der Waals surface area contributed by atoms with Crippen LogP contribution >= 0.6 is 0 Å². The van der Waals surface area contributed by atoms with Gasteiger partial charge in [-0.15, -0.1) is 0 Å². The van der Waals surface area contributed by atoms with Crippen LogP contribution in [-0.2, 0) is 9.47 Å². The first kappa shape index (κ1) is 16.4. The van der Waals surface area contributed by atoms with Crippen molar-refractivity contribution in [1.29, 1.82) is 0 Å². The van der Waals surface area contributed by atoms with E-state index < -0.39 is 0 Å². The number of methoxy groups -OCH3 is 1. The minimum Gasteiger partial charge on any atom is -0.502 e. The number of nitrogens with zero attached hydrogens (tertiary/aromatic N) is 1. The number of hydrazine groups is 1. The Kier molecular flexibility index (Phi) is 8.05. The number of nitrogens with one attached hydrogen (secondary N) is 2. The van der Waals surface area contributed by atoms with E-state index in [4.69, 9.17) is 9.47 Å². The highest BCUT2D eigenvalue weighted by Gasteiger charge is 2.21. The van der Waals surface area contributed by atoms with Gasteiger partial charge in [0.1, 0.15) is 0 Å². The Bertz CT molecular complexity index is 253. The molecule has 1 aliphatic heterocycles. The third-order valence-electron chi connectivity index (χ3n) is 3.43. The van der Waals surface area contributed by atoms with Crippen molar-refractivity contribution in [3.63, 3.8) is 0 Å². The van der Waals surface area contributed by atoms with E-state index in [1.54, 1.807) is 7.11 Å². The Morgan fingerprint density at radius 2 is 2.05 bits per heavy atom. The van der Waals surface area contributed by atoms with Crippen molar-refractivity contribution in [2.75, 3.05) is 40.3 Å². The van der Waals surface area contributed by atoms with Crippen molar-refractivity contribution in [3.8, 4) is 0 Å². The van der Waals surface area contributed by atoms with E-state index in [1.165, 1.54) is 0 Å². The van der Waals surface area contributed by atoms with Gasteiger partial charge in [-0.05, 0) is 19.9 Å². The smallest absolute Gasteiger partial charge is 0.0910 e. The molecule has 0 aliphatic carbocycles. The Hall–Kier alpha value is -0.620. The predicted molar refractivity (Wildman–Crippen MR) is 77.8 cm³/mol. The predicted octanol–water partition coefficient (Wildman–Crippen LogP) is 1.13. The summed E-state index contributed by atoms with van der Waals surface area (Å²) in [7, 11) is 3.82. The van der Waals surface area contributed by atoms with Crippen LogP contribution in [0.1, 0.15) is 26.2 Å². The van der Waals surface area contributed by atoms with Crippen LogP contribution < -0.4 is 10.9 Å². The molecule has 0 radical (unpaired) electrons. The quantitative estimate of drug-likeness (QED) is 0.374. The van der Waals surface area contributed by atoms with Gasteiger partial charge in [-0.3, -0.25) is 10.9 Å². The van der Waals surface area contributed by atoms with E-state index in [9.17, 15) is 0 Å². The lowest BCUT2D eigenvalue weighted by Gasteiger charge is -2.32. The van der Waals surface area contributed by atoms with Crippen LogP contribution in [0.4, 0.5) is 0 Å². The van der Waals surface area contributed by atoms with E-state index in [2.05, 4.69) is 36.3 Å². The van der Waals surface area contributed by atoms with Gasteiger partial charge < -0.3 is 14.4 Å². The van der Waals surface area contributed by atoms with Crippen molar-refractivity contribution >= 4 is 0 Å². The first-order valence-electron chi connectivity index (χ1n) is 7.17. The molecule has 5 nitrogen and oxygen atoms in total. The van der Waals surface area contributed by atoms with Crippen molar-refractivity contribution in [2.45, 2.75) is 38.4 Å². The summed E-state index contributed by atoms with van der Waals surface area (Å²) in [6, 6.07) is 0. The lowest BCUT2D eigenvalue weighted by Crippen LogP contribution is -2.42. The van der Waals surface area contributed by atoms with Gasteiger partial charge in [-0.25, -0.2) is 0 Å². The van der Waals surface area contributed by atoms with Crippen LogP contribution in [0, 0.1) is 0 Å². The Morgan fingerprint density at radius 1 is 1.37 bits per heavy atom. The maximum atomic E-state index is 6.19. The first-order valence-corrected chi connectivity index (χ1v) is 7.17. The average Bonchev–Trinajstić information content (AvgIpc) is 2.41. The van der Waals surface area contributed by atoms with Crippen LogP contribution in [0.3, 0.4) is 0 Å². The Morgan fingerprint density at radius 3 is 2.63 bits per heavy atom. The summed E-state index contributed by atoms with van der Waals surface area (Å²) < 4.78 is 11.4. The van der Waals surface area contributed by atoms with E-state index in [1.807, 2.05) is 0 Å². The van der Waals surface area contributed by atoms with E-state index in [0.717, 1.165) is 51.2 Å². The molecule has 1 heterocycles. The molecule has 0 amide bonds. The van der Waals surface area contributed by atoms with Gasteiger partial charge in [0, 0.05) is 32.6 Å². The summed E-state index contributed by atoms with van der Waals surface area (Å²) in [4.78, 5) is 2.35. The lowest BCUT2D eigenvalue weighted by atomic mass is 10.1. The van der Waals surface area contributed by atoms with Crippen LogP contribution in [-0.4, -0.2) is 57.4 Å². The lowest BCUT2D eigenvalue weighted by molar-refractivity contribution is -0.0432. The topological polar surface area (TPSA) is 45.8 Å². The van der Waals surface area contributed by atoms with Gasteiger partial charge in [0.2, 0.25) is 0 Å². The van der Waals surface area contributed by atoms with E-state index in [-0.39, 0.29) is 6.10 Å². The minimum absolute atomic E-state index is 0.111. The molecule has 5 heteroatoms. The molecule has 1 atom stereocenters. The molecule has 0 aromatic carbocycles. The highest BCUT2D eigenvalue weighted by Crippen LogP contribution is 2.17.